The molecule has 0 aliphatic carbocycles. The number of halogens is 2. The van der Waals surface area contributed by atoms with E-state index in [-0.39, 0.29) is 5.16 Å². The molecule has 0 aliphatic heterocycles. The summed E-state index contributed by atoms with van der Waals surface area (Å²) in [5.41, 5.74) is 4.95. The third kappa shape index (κ3) is 2.36. The van der Waals surface area contributed by atoms with Crippen molar-refractivity contribution < 1.29 is 0 Å². The lowest BCUT2D eigenvalue weighted by atomic mass is 10.7. The van der Waals surface area contributed by atoms with E-state index in [2.05, 4.69) is 0 Å². The predicted molar refractivity (Wildman–Crippen MR) is 28.6 cm³/mol. The lowest BCUT2D eigenvalue weighted by Gasteiger charge is -1.82. The van der Waals surface area contributed by atoms with Gasteiger partial charge in [-0.15, -0.1) is 0 Å². The summed E-state index contributed by atoms with van der Waals surface area (Å²) in [5.74, 6) is 0. The van der Waals surface area contributed by atoms with Gasteiger partial charge in [-0.25, -0.2) is 0 Å². The standard InChI is InChI=1S/C3H5Cl2N/c1-2(4)3(5)6/h6H2,1H3/b3-2+. The third-order valence-corrected chi connectivity index (χ3v) is 0.913. The summed E-state index contributed by atoms with van der Waals surface area (Å²) in [6.45, 7) is 1.63. The number of hydrogen-bond acceptors (Lipinski definition) is 1. The fourth-order valence-corrected chi connectivity index (χ4v) is 0. The molecule has 0 unspecified atom stereocenters. The van der Waals surface area contributed by atoms with E-state index < -0.39 is 0 Å². The van der Waals surface area contributed by atoms with Crippen molar-refractivity contribution in [1.82, 2.24) is 0 Å². The van der Waals surface area contributed by atoms with Crippen molar-refractivity contribution >= 4 is 23.2 Å². The molecule has 0 aromatic rings. The van der Waals surface area contributed by atoms with Crippen molar-refractivity contribution in [2.45, 2.75) is 6.92 Å². The largest absolute Gasteiger partial charge is 0.389 e. The zero-order valence-corrected chi connectivity index (χ0v) is 4.85. The highest BCUT2D eigenvalue weighted by atomic mass is 35.5. The number of rotatable bonds is 0. The van der Waals surface area contributed by atoms with Crippen molar-refractivity contribution in [2.75, 3.05) is 0 Å². The van der Waals surface area contributed by atoms with Crippen LogP contribution >= 0.6 is 23.2 Å². The van der Waals surface area contributed by atoms with Gasteiger partial charge in [0.05, 0.1) is 0 Å². The average Bonchev–Trinajstić information content (AvgIpc) is 1.36. The summed E-state index contributed by atoms with van der Waals surface area (Å²) in [6.07, 6.45) is 0. The molecule has 0 radical (unpaired) electrons. The first-order valence-electron chi connectivity index (χ1n) is 1.42. The molecule has 0 saturated heterocycles. The van der Waals surface area contributed by atoms with Crippen LogP contribution in [0.1, 0.15) is 6.92 Å². The first-order chi connectivity index (χ1) is 2.64. The molecule has 0 amide bonds. The summed E-state index contributed by atoms with van der Waals surface area (Å²) in [5, 5.41) is 0.605. The minimum atomic E-state index is 0.164. The van der Waals surface area contributed by atoms with Crippen LogP contribution in [0.3, 0.4) is 0 Å². The van der Waals surface area contributed by atoms with Crippen LogP contribution in [0.4, 0.5) is 0 Å². The van der Waals surface area contributed by atoms with Crippen LogP contribution in [0.15, 0.2) is 10.2 Å². The second-order valence-corrected chi connectivity index (χ2v) is 1.86. The number of hydrogen-bond donors (Lipinski definition) is 1. The Balaban J connectivity index is 3.68. The van der Waals surface area contributed by atoms with E-state index in [0.717, 1.165) is 0 Å². The van der Waals surface area contributed by atoms with E-state index >= 15 is 0 Å². The van der Waals surface area contributed by atoms with E-state index in [1.807, 2.05) is 0 Å². The molecule has 6 heavy (non-hydrogen) atoms. The third-order valence-electron chi connectivity index (χ3n) is 0.329. The Hall–Kier alpha value is 0.120. The van der Waals surface area contributed by atoms with Gasteiger partial charge >= 0.3 is 0 Å². The highest BCUT2D eigenvalue weighted by Crippen LogP contribution is 2.04. The second kappa shape index (κ2) is 2.32. The molecule has 0 aromatic carbocycles. The maximum Gasteiger partial charge on any atom is 0.114 e. The van der Waals surface area contributed by atoms with E-state index in [1.54, 1.807) is 6.92 Å². The summed E-state index contributed by atoms with van der Waals surface area (Å²) in [7, 11) is 0. The van der Waals surface area contributed by atoms with E-state index in [9.17, 15) is 0 Å². The molecule has 1 nitrogen and oxygen atoms in total. The van der Waals surface area contributed by atoms with Gasteiger partial charge in [-0.3, -0.25) is 0 Å². The molecule has 3 heteroatoms. The quantitative estimate of drug-likeness (QED) is 0.490. The van der Waals surface area contributed by atoms with Gasteiger partial charge in [0.2, 0.25) is 0 Å². The highest BCUT2D eigenvalue weighted by Gasteiger charge is 1.82. The topological polar surface area (TPSA) is 26.0 Å². The van der Waals surface area contributed by atoms with Gasteiger partial charge in [0.25, 0.3) is 0 Å². The molecule has 0 saturated carbocycles. The molecule has 0 spiro atoms. The fraction of sp³-hybridized carbons (Fsp3) is 0.333. The SMILES string of the molecule is C/C(Cl)=C(\N)Cl. The van der Waals surface area contributed by atoms with Crippen molar-refractivity contribution in [3.8, 4) is 0 Å². The van der Waals surface area contributed by atoms with Crippen LogP contribution < -0.4 is 5.73 Å². The lowest BCUT2D eigenvalue weighted by molar-refractivity contribution is 1.46. The zero-order valence-electron chi connectivity index (χ0n) is 3.33. The van der Waals surface area contributed by atoms with E-state index in [4.69, 9.17) is 28.9 Å². The summed E-state index contributed by atoms with van der Waals surface area (Å²) in [4.78, 5) is 0. The minimum Gasteiger partial charge on any atom is -0.389 e. The predicted octanol–water partition coefficient (Wildman–Crippen LogP) is 1.61. The van der Waals surface area contributed by atoms with Crippen LogP contribution in [0.5, 0.6) is 0 Å². The molecule has 36 valence electrons. The van der Waals surface area contributed by atoms with Gasteiger partial charge in [0.1, 0.15) is 5.16 Å². The summed E-state index contributed by atoms with van der Waals surface area (Å²) in [6, 6.07) is 0. The maximum atomic E-state index is 5.24. The van der Waals surface area contributed by atoms with Gasteiger partial charge in [-0.1, -0.05) is 23.2 Å². The van der Waals surface area contributed by atoms with Crippen LogP contribution in [0, 0.1) is 0 Å². The molecule has 0 atom stereocenters. The molecular weight excluding hydrogens is 121 g/mol. The highest BCUT2D eigenvalue weighted by molar-refractivity contribution is 6.38. The molecule has 0 bridgehead atoms. The zero-order chi connectivity index (χ0) is 5.15. The summed E-state index contributed by atoms with van der Waals surface area (Å²) >= 11 is 10.4. The Morgan fingerprint density at radius 1 is 1.50 bits per heavy atom. The van der Waals surface area contributed by atoms with Crippen LogP contribution in [0.25, 0.3) is 0 Å². The Kier molecular flexibility index (Phi) is 2.37. The molecule has 0 aromatic heterocycles. The molecule has 2 N–H and O–H groups in total. The van der Waals surface area contributed by atoms with Gasteiger partial charge in [0.15, 0.2) is 0 Å². The molecule has 0 heterocycles. The van der Waals surface area contributed by atoms with Crippen molar-refractivity contribution in [1.29, 1.82) is 0 Å². The van der Waals surface area contributed by atoms with Crippen molar-refractivity contribution in [3.63, 3.8) is 0 Å². The Morgan fingerprint density at radius 3 is 1.67 bits per heavy atom. The van der Waals surface area contributed by atoms with Crippen molar-refractivity contribution in [3.05, 3.63) is 10.2 Å². The van der Waals surface area contributed by atoms with Gasteiger partial charge < -0.3 is 5.73 Å². The molecule has 0 aliphatic rings. The van der Waals surface area contributed by atoms with E-state index in [1.165, 1.54) is 0 Å². The monoisotopic (exact) mass is 125 g/mol. The summed E-state index contributed by atoms with van der Waals surface area (Å²) < 4.78 is 0. The molecule has 0 fully saturated rings. The number of allylic oxidation sites excluding steroid dienone is 1. The molecular formula is C3H5Cl2N. The lowest BCUT2D eigenvalue weighted by Crippen LogP contribution is -1.86. The Labute approximate surface area is 46.7 Å². The van der Waals surface area contributed by atoms with Gasteiger partial charge in [-0.05, 0) is 6.92 Å². The van der Waals surface area contributed by atoms with Gasteiger partial charge in [0, 0.05) is 5.03 Å². The minimum absolute atomic E-state index is 0.164. The van der Waals surface area contributed by atoms with Gasteiger partial charge in [-0.2, -0.15) is 0 Å². The first kappa shape index (κ1) is 6.12. The fourth-order valence-electron chi connectivity index (χ4n) is 0. The smallest absolute Gasteiger partial charge is 0.114 e. The average molecular weight is 126 g/mol. The first-order valence-corrected chi connectivity index (χ1v) is 2.17. The normalized spacial score (nSPS) is 13.8. The Morgan fingerprint density at radius 2 is 1.67 bits per heavy atom. The number of nitrogens with two attached hydrogens (primary N) is 1. The Bertz CT molecular complexity index is 58.9. The maximum absolute atomic E-state index is 5.24. The molecule has 0 rings (SSSR count). The van der Waals surface area contributed by atoms with Crippen LogP contribution in [-0.2, 0) is 0 Å². The van der Waals surface area contributed by atoms with Crippen LogP contribution in [0.2, 0.25) is 0 Å². The van der Waals surface area contributed by atoms with E-state index in [0.29, 0.717) is 5.03 Å². The second-order valence-electron chi connectivity index (χ2n) is 0.881. The van der Waals surface area contributed by atoms with Crippen LogP contribution in [-0.4, -0.2) is 0 Å². The van der Waals surface area contributed by atoms with Crippen molar-refractivity contribution in [2.24, 2.45) is 5.73 Å².